The van der Waals surface area contributed by atoms with E-state index >= 15 is 0 Å². The third-order valence-electron chi connectivity index (χ3n) is 1.33. The van der Waals surface area contributed by atoms with Crippen LogP contribution in [-0.2, 0) is 0 Å². The topological polar surface area (TPSA) is 59.4 Å². The monoisotopic (exact) mass is 179 g/mol. The van der Waals surface area contributed by atoms with Crippen molar-refractivity contribution in [1.29, 1.82) is 0 Å². The van der Waals surface area contributed by atoms with Crippen LogP contribution in [0.3, 0.4) is 0 Å². The number of aromatic nitrogens is 1. The van der Waals surface area contributed by atoms with Gasteiger partial charge in [-0.15, -0.1) is 0 Å². The third-order valence-corrected chi connectivity index (χ3v) is 1.33. The van der Waals surface area contributed by atoms with E-state index in [2.05, 4.69) is 11.6 Å². The molecule has 0 aliphatic carbocycles. The lowest BCUT2D eigenvalue weighted by Crippen LogP contribution is -2.05. The molecule has 0 unspecified atom stereocenters. The Bertz CT molecular complexity index is 322. The van der Waals surface area contributed by atoms with Gasteiger partial charge in [0.15, 0.2) is 11.4 Å². The van der Waals surface area contributed by atoms with Gasteiger partial charge in [0.05, 0.1) is 0 Å². The molecule has 4 heteroatoms. The molecule has 1 aromatic heterocycles. The first-order valence-corrected chi connectivity index (χ1v) is 3.67. The minimum Gasteiger partial charge on any atom is -0.487 e. The number of hydrogen-bond donors (Lipinski definition) is 1. The van der Waals surface area contributed by atoms with Crippen molar-refractivity contribution in [3.8, 4) is 5.75 Å². The molecular formula is C9H9NO3. The maximum atomic E-state index is 10.6. The van der Waals surface area contributed by atoms with Crippen molar-refractivity contribution in [1.82, 2.24) is 4.98 Å². The van der Waals surface area contributed by atoms with E-state index in [1.54, 1.807) is 18.2 Å². The summed E-state index contributed by atoms with van der Waals surface area (Å²) < 4.78 is 5.09. The molecule has 0 fully saturated rings. The van der Waals surface area contributed by atoms with E-state index in [1.165, 1.54) is 6.20 Å². The Labute approximate surface area is 75.5 Å². The van der Waals surface area contributed by atoms with Gasteiger partial charge in [-0.2, -0.15) is 0 Å². The summed E-state index contributed by atoms with van der Waals surface area (Å²) in [5.74, 6) is -0.838. The minimum atomic E-state index is -1.10. The number of carboxylic acid groups (broad SMARTS) is 1. The average molecular weight is 179 g/mol. The summed E-state index contributed by atoms with van der Waals surface area (Å²) in [6.07, 6.45) is 2.95. The fourth-order valence-corrected chi connectivity index (χ4v) is 0.816. The highest BCUT2D eigenvalue weighted by Gasteiger charge is 2.10. The van der Waals surface area contributed by atoms with Crippen molar-refractivity contribution in [2.45, 2.75) is 0 Å². The van der Waals surface area contributed by atoms with Gasteiger partial charge in [-0.05, 0) is 12.1 Å². The van der Waals surface area contributed by atoms with Gasteiger partial charge in [0.25, 0.3) is 0 Å². The van der Waals surface area contributed by atoms with Crippen LogP contribution < -0.4 is 4.74 Å². The van der Waals surface area contributed by atoms with Crippen molar-refractivity contribution < 1.29 is 14.6 Å². The molecule has 0 aliphatic rings. The van der Waals surface area contributed by atoms with Crippen molar-refractivity contribution in [2.24, 2.45) is 0 Å². The van der Waals surface area contributed by atoms with E-state index in [9.17, 15) is 4.79 Å². The van der Waals surface area contributed by atoms with Crippen LogP contribution in [0.1, 0.15) is 10.5 Å². The second-order valence-electron chi connectivity index (χ2n) is 2.25. The zero-order valence-corrected chi connectivity index (χ0v) is 6.93. The van der Waals surface area contributed by atoms with Crippen LogP contribution in [0.4, 0.5) is 0 Å². The van der Waals surface area contributed by atoms with Crippen LogP contribution in [0.15, 0.2) is 31.0 Å². The lowest BCUT2D eigenvalue weighted by atomic mass is 10.3. The summed E-state index contributed by atoms with van der Waals surface area (Å²) in [6.45, 7) is 3.73. The van der Waals surface area contributed by atoms with Gasteiger partial charge >= 0.3 is 5.97 Å². The molecule has 13 heavy (non-hydrogen) atoms. The van der Waals surface area contributed by atoms with Crippen LogP contribution in [0, 0.1) is 0 Å². The van der Waals surface area contributed by atoms with Gasteiger partial charge in [0, 0.05) is 6.20 Å². The Hall–Kier alpha value is -1.84. The number of carbonyl (C=O) groups is 1. The number of aromatic carboxylic acids is 1. The normalized spacial score (nSPS) is 9.23. The summed E-state index contributed by atoms with van der Waals surface area (Å²) in [5.41, 5.74) is -0.0793. The summed E-state index contributed by atoms with van der Waals surface area (Å²) in [5, 5.41) is 8.70. The van der Waals surface area contributed by atoms with Crippen LogP contribution in [0.25, 0.3) is 0 Å². The molecule has 0 amide bonds. The number of pyridine rings is 1. The maximum Gasteiger partial charge on any atom is 0.358 e. The Balaban J connectivity index is 2.90. The fourth-order valence-electron chi connectivity index (χ4n) is 0.816. The van der Waals surface area contributed by atoms with Crippen LogP contribution >= 0.6 is 0 Å². The molecule has 0 saturated heterocycles. The van der Waals surface area contributed by atoms with Crippen LogP contribution in [0.5, 0.6) is 5.75 Å². The Kier molecular flexibility index (Phi) is 3.03. The quantitative estimate of drug-likeness (QED) is 0.708. The van der Waals surface area contributed by atoms with Crippen molar-refractivity contribution in [3.63, 3.8) is 0 Å². The molecule has 0 spiro atoms. The SMILES string of the molecule is C=CCOc1cccnc1C(=O)O. The molecule has 0 radical (unpaired) electrons. The zero-order chi connectivity index (χ0) is 9.68. The molecule has 4 nitrogen and oxygen atoms in total. The van der Waals surface area contributed by atoms with E-state index in [-0.39, 0.29) is 18.1 Å². The number of hydrogen-bond acceptors (Lipinski definition) is 3. The van der Waals surface area contributed by atoms with E-state index in [0.717, 1.165) is 0 Å². The lowest BCUT2D eigenvalue weighted by Gasteiger charge is -2.04. The third kappa shape index (κ3) is 2.30. The van der Waals surface area contributed by atoms with E-state index < -0.39 is 5.97 Å². The van der Waals surface area contributed by atoms with E-state index in [0.29, 0.717) is 0 Å². The zero-order valence-electron chi connectivity index (χ0n) is 6.93. The molecule has 0 saturated carbocycles. The maximum absolute atomic E-state index is 10.6. The van der Waals surface area contributed by atoms with Crippen LogP contribution in [0.2, 0.25) is 0 Å². The molecule has 1 rings (SSSR count). The standard InChI is InChI=1S/C9H9NO3/c1-2-6-13-7-4-3-5-10-8(7)9(11)12/h2-5H,1,6H2,(H,11,12). The van der Waals surface area contributed by atoms with Crippen molar-refractivity contribution >= 4 is 5.97 Å². The molecular weight excluding hydrogens is 170 g/mol. The number of nitrogens with zero attached hydrogens (tertiary/aromatic N) is 1. The number of carboxylic acids is 1. The first-order chi connectivity index (χ1) is 6.25. The predicted molar refractivity (Wildman–Crippen MR) is 46.9 cm³/mol. The molecule has 0 atom stereocenters. The van der Waals surface area contributed by atoms with Crippen molar-refractivity contribution in [2.75, 3.05) is 6.61 Å². The van der Waals surface area contributed by atoms with Crippen LogP contribution in [-0.4, -0.2) is 22.7 Å². The van der Waals surface area contributed by atoms with Gasteiger partial charge in [-0.25, -0.2) is 9.78 Å². The molecule has 0 bridgehead atoms. The first kappa shape index (κ1) is 9.25. The van der Waals surface area contributed by atoms with Gasteiger partial charge < -0.3 is 9.84 Å². The largest absolute Gasteiger partial charge is 0.487 e. The molecule has 1 aromatic rings. The molecule has 1 heterocycles. The Morgan fingerprint density at radius 2 is 2.54 bits per heavy atom. The van der Waals surface area contributed by atoms with E-state index in [1.807, 2.05) is 0 Å². The number of ether oxygens (including phenoxy) is 1. The lowest BCUT2D eigenvalue weighted by molar-refractivity contribution is 0.0686. The van der Waals surface area contributed by atoms with Gasteiger partial charge in [-0.3, -0.25) is 0 Å². The predicted octanol–water partition coefficient (Wildman–Crippen LogP) is 1.34. The highest BCUT2D eigenvalue weighted by molar-refractivity contribution is 5.88. The highest BCUT2D eigenvalue weighted by atomic mass is 16.5. The van der Waals surface area contributed by atoms with Gasteiger partial charge in [0.1, 0.15) is 6.61 Å². The smallest absolute Gasteiger partial charge is 0.358 e. The Morgan fingerprint density at radius 1 is 1.77 bits per heavy atom. The Morgan fingerprint density at radius 3 is 3.15 bits per heavy atom. The molecule has 1 N–H and O–H groups in total. The van der Waals surface area contributed by atoms with Gasteiger partial charge in [-0.1, -0.05) is 12.7 Å². The summed E-state index contributed by atoms with van der Waals surface area (Å²) in [7, 11) is 0. The number of rotatable bonds is 4. The highest BCUT2D eigenvalue weighted by Crippen LogP contribution is 2.14. The van der Waals surface area contributed by atoms with Gasteiger partial charge in [0.2, 0.25) is 0 Å². The molecule has 0 aliphatic heterocycles. The second-order valence-corrected chi connectivity index (χ2v) is 2.25. The van der Waals surface area contributed by atoms with E-state index in [4.69, 9.17) is 9.84 Å². The first-order valence-electron chi connectivity index (χ1n) is 3.67. The average Bonchev–Trinajstić information content (AvgIpc) is 2.15. The van der Waals surface area contributed by atoms with Crippen molar-refractivity contribution in [3.05, 3.63) is 36.7 Å². The summed E-state index contributed by atoms with van der Waals surface area (Å²) in [6, 6.07) is 3.17. The summed E-state index contributed by atoms with van der Waals surface area (Å²) in [4.78, 5) is 14.3. The fraction of sp³-hybridized carbons (Fsp3) is 0.111. The second kappa shape index (κ2) is 4.25. The minimum absolute atomic E-state index is 0.0793. The summed E-state index contributed by atoms with van der Waals surface area (Å²) >= 11 is 0. The molecule has 0 aromatic carbocycles. The molecule has 68 valence electrons.